The summed E-state index contributed by atoms with van der Waals surface area (Å²) in [7, 11) is 0. The second-order valence-corrected chi connectivity index (χ2v) is 6.77. The van der Waals surface area contributed by atoms with Gasteiger partial charge in [0.15, 0.2) is 0 Å². The van der Waals surface area contributed by atoms with E-state index in [0.29, 0.717) is 25.7 Å². The number of anilines is 1. The third kappa shape index (κ3) is 3.24. The molecular weight excluding hydrogens is 294 g/mol. The first-order valence-corrected chi connectivity index (χ1v) is 8.45. The summed E-state index contributed by atoms with van der Waals surface area (Å²) >= 11 is 0. The Balaban J connectivity index is 1.44. The van der Waals surface area contributed by atoms with E-state index < -0.39 is 0 Å². The molecule has 0 radical (unpaired) electrons. The standard InChI is InChI=1S/C16H23N5O2/c22-15(19-13-2-3-13)21-8-9-23-16(12-21)4-1-7-20(11-16)14-10-17-5-6-18-14/h5-6,10,13H,1-4,7-9,11-12H2,(H,19,22). The van der Waals surface area contributed by atoms with Crippen LogP contribution in [0, 0.1) is 0 Å². The molecule has 3 heterocycles. The number of hydrogen-bond acceptors (Lipinski definition) is 5. The van der Waals surface area contributed by atoms with E-state index in [1.54, 1.807) is 18.6 Å². The molecule has 0 aromatic carbocycles. The molecule has 3 fully saturated rings. The summed E-state index contributed by atoms with van der Waals surface area (Å²) in [6, 6.07) is 0.454. The fourth-order valence-electron chi connectivity index (χ4n) is 3.51. The highest BCUT2D eigenvalue weighted by Gasteiger charge is 2.42. The van der Waals surface area contributed by atoms with Gasteiger partial charge in [0.1, 0.15) is 11.4 Å². The van der Waals surface area contributed by atoms with Crippen molar-refractivity contribution in [3.63, 3.8) is 0 Å². The molecule has 124 valence electrons. The maximum Gasteiger partial charge on any atom is 0.317 e. The molecule has 2 aliphatic heterocycles. The molecule has 7 heteroatoms. The zero-order chi connectivity index (χ0) is 15.7. The first-order chi connectivity index (χ1) is 11.2. The molecule has 4 rings (SSSR count). The molecule has 0 bridgehead atoms. The number of morpholine rings is 1. The fraction of sp³-hybridized carbons (Fsp3) is 0.688. The largest absolute Gasteiger partial charge is 0.369 e. The maximum absolute atomic E-state index is 12.3. The molecule has 2 amide bonds. The summed E-state index contributed by atoms with van der Waals surface area (Å²) in [6.07, 6.45) is 9.44. The molecule has 1 unspecified atom stereocenters. The zero-order valence-electron chi connectivity index (χ0n) is 13.3. The molecule has 1 atom stereocenters. The third-order valence-corrected chi connectivity index (χ3v) is 4.85. The van der Waals surface area contributed by atoms with Crippen molar-refractivity contribution < 1.29 is 9.53 Å². The van der Waals surface area contributed by atoms with E-state index >= 15 is 0 Å². The zero-order valence-corrected chi connectivity index (χ0v) is 13.3. The summed E-state index contributed by atoms with van der Waals surface area (Å²) in [5, 5.41) is 3.08. The fourth-order valence-corrected chi connectivity index (χ4v) is 3.51. The SMILES string of the molecule is O=C(NC1CC1)N1CCOC2(CCCN(c3cnccn3)C2)C1. The van der Waals surface area contributed by atoms with Crippen molar-refractivity contribution >= 4 is 11.8 Å². The van der Waals surface area contributed by atoms with E-state index in [1.165, 1.54) is 0 Å². The van der Waals surface area contributed by atoms with Gasteiger partial charge in [0.05, 0.1) is 25.9 Å². The van der Waals surface area contributed by atoms with Gasteiger partial charge < -0.3 is 19.9 Å². The van der Waals surface area contributed by atoms with Crippen LogP contribution in [0.15, 0.2) is 18.6 Å². The van der Waals surface area contributed by atoms with Crippen molar-refractivity contribution in [3.05, 3.63) is 18.6 Å². The summed E-state index contributed by atoms with van der Waals surface area (Å²) in [5.41, 5.74) is -0.283. The number of carbonyl (C=O) groups excluding carboxylic acids is 1. The summed E-state index contributed by atoms with van der Waals surface area (Å²) < 4.78 is 6.15. The van der Waals surface area contributed by atoms with Crippen LogP contribution >= 0.6 is 0 Å². The van der Waals surface area contributed by atoms with Crippen LogP contribution < -0.4 is 10.2 Å². The van der Waals surface area contributed by atoms with Crippen LogP contribution in [-0.2, 0) is 4.74 Å². The van der Waals surface area contributed by atoms with Gasteiger partial charge in [0, 0.05) is 31.5 Å². The monoisotopic (exact) mass is 317 g/mol. The molecule has 1 spiro atoms. The van der Waals surface area contributed by atoms with Crippen LogP contribution in [0.3, 0.4) is 0 Å². The van der Waals surface area contributed by atoms with E-state index in [1.807, 2.05) is 4.90 Å². The van der Waals surface area contributed by atoms with Crippen molar-refractivity contribution in [1.29, 1.82) is 0 Å². The Morgan fingerprint density at radius 2 is 2.22 bits per heavy atom. The van der Waals surface area contributed by atoms with Gasteiger partial charge in [-0.2, -0.15) is 0 Å². The average Bonchev–Trinajstić information content (AvgIpc) is 3.40. The number of aromatic nitrogens is 2. The highest BCUT2D eigenvalue weighted by Crippen LogP contribution is 2.31. The van der Waals surface area contributed by atoms with Crippen LogP contribution in [0.2, 0.25) is 0 Å². The molecule has 1 aromatic heterocycles. The van der Waals surface area contributed by atoms with Gasteiger partial charge in [0.2, 0.25) is 0 Å². The van der Waals surface area contributed by atoms with Crippen LogP contribution in [0.1, 0.15) is 25.7 Å². The van der Waals surface area contributed by atoms with Gasteiger partial charge >= 0.3 is 6.03 Å². The quantitative estimate of drug-likeness (QED) is 0.882. The molecule has 1 aliphatic carbocycles. The van der Waals surface area contributed by atoms with Gasteiger partial charge in [-0.15, -0.1) is 0 Å². The number of ether oxygens (including phenoxy) is 1. The normalized spacial score (nSPS) is 28.0. The first kappa shape index (κ1) is 14.7. The van der Waals surface area contributed by atoms with Gasteiger partial charge in [-0.25, -0.2) is 9.78 Å². The van der Waals surface area contributed by atoms with Crippen molar-refractivity contribution in [3.8, 4) is 0 Å². The molecule has 1 aromatic rings. The smallest absolute Gasteiger partial charge is 0.317 e. The van der Waals surface area contributed by atoms with E-state index in [-0.39, 0.29) is 11.6 Å². The van der Waals surface area contributed by atoms with Crippen molar-refractivity contribution in [1.82, 2.24) is 20.2 Å². The van der Waals surface area contributed by atoms with Crippen molar-refractivity contribution in [2.75, 3.05) is 37.7 Å². The number of urea groups is 1. The molecule has 1 N–H and O–H groups in total. The molecule has 1 saturated carbocycles. The summed E-state index contributed by atoms with van der Waals surface area (Å²) in [5.74, 6) is 0.884. The van der Waals surface area contributed by atoms with Gasteiger partial charge in [-0.3, -0.25) is 4.98 Å². The lowest BCUT2D eigenvalue weighted by Crippen LogP contribution is -2.62. The Morgan fingerprint density at radius 1 is 1.30 bits per heavy atom. The highest BCUT2D eigenvalue weighted by molar-refractivity contribution is 5.75. The molecule has 7 nitrogen and oxygen atoms in total. The molecule has 3 aliphatic rings. The lowest BCUT2D eigenvalue weighted by Gasteiger charge is -2.48. The number of hydrogen-bond donors (Lipinski definition) is 1. The van der Waals surface area contributed by atoms with Crippen molar-refractivity contribution in [2.24, 2.45) is 0 Å². The Kier molecular flexibility index (Phi) is 3.80. The summed E-state index contributed by atoms with van der Waals surface area (Å²) in [4.78, 5) is 25.0. The van der Waals surface area contributed by atoms with E-state index in [9.17, 15) is 4.79 Å². The maximum atomic E-state index is 12.3. The molecular formula is C16H23N5O2. The lowest BCUT2D eigenvalue weighted by atomic mass is 9.90. The molecule has 23 heavy (non-hydrogen) atoms. The topological polar surface area (TPSA) is 70.6 Å². The second-order valence-electron chi connectivity index (χ2n) is 6.77. The Bertz CT molecular complexity index is 561. The van der Waals surface area contributed by atoms with Crippen molar-refractivity contribution in [2.45, 2.75) is 37.3 Å². The lowest BCUT2D eigenvalue weighted by molar-refractivity contribution is -0.103. The van der Waals surface area contributed by atoms with E-state index in [0.717, 1.165) is 44.6 Å². The predicted octanol–water partition coefficient (Wildman–Crippen LogP) is 1.02. The van der Waals surface area contributed by atoms with Crippen LogP contribution in [0.25, 0.3) is 0 Å². The van der Waals surface area contributed by atoms with E-state index in [4.69, 9.17) is 4.74 Å². The minimum Gasteiger partial charge on any atom is -0.369 e. The van der Waals surface area contributed by atoms with Crippen LogP contribution in [0.4, 0.5) is 10.6 Å². The third-order valence-electron chi connectivity index (χ3n) is 4.85. The molecule has 2 saturated heterocycles. The van der Waals surface area contributed by atoms with Gasteiger partial charge in [-0.05, 0) is 25.7 Å². The van der Waals surface area contributed by atoms with E-state index in [2.05, 4.69) is 20.2 Å². The number of nitrogens with zero attached hydrogens (tertiary/aromatic N) is 4. The minimum atomic E-state index is -0.283. The first-order valence-electron chi connectivity index (χ1n) is 8.45. The highest BCUT2D eigenvalue weighted by atomic mass is 16.5. The number of rotatable bonds is 2. The average molecular weight is 317 g/mol. The van der Waals surface area contributed by atoms with Crippen LogP contribution in [0.5, 0.6) is 0 Å². The van der Waals surface area contributed by atoms with Gasteiger partial charge in [-0.1, -0.05) is 0 Å². The number of piperidine rings is 1. The Hall–Kier alpha value is -1.89. The number of amides is 2. The van der Waals surface area contributed by atoms with Crippen LogP contribution in [-0.4, -0.2) is 65.3 Å². The summed E-state index contributed by atoms with van der Waals surface area (Å²) in [6.45, 7) is 3.65. The Labute approximate surface area is 136 Å². The van der Waals surface area contributed by atoms with Gasteiger partial charge in [0.25, 0.3) is 0 Å². The number of nitrogens with one attached hydrogen (secondary N) is 1. The second kappa shape index (κ2) is 5.96. The minimum absolute atomic E-state index is 0.0619. The Morgan fingerprint density at radius 3 is 3.00 bits per heavy atom. The number of carbonyl (C=O) groups is 1. The predicted molar refractivity (Wildman–Crippen MR) is 85.3 cm³/mol.